The summed E-state index contributed by atoms with van der Waals surface area (Å²) in [7, 11) is 0. The van der Waals surface area contributed by atoms with E-state index in [-0.39, 0.29) is 4.47 Å². The fourth-order valence-corrected chi connectivity index (χ4v) is 1.38. The van der Waals surface area contributed by atoms with Crippen LogP contribution in [-0.2, 0) is 12.8 Å². The van der Waals surface area contributed by atoms with Crippen LogP contribution in [0.1, 0.15) is 11.1 Å². The first kappa shape index (κ1) is 11.5. The number of benzene rings is 1. The molecule has 0 atom stereocenters. The molecule has 0 unspecified atom stereocenters. The lowest BCUT2D eigenvalue weighted by molar-refractivity contribution is -0.138. The molecule has 1 rings (SSSR count). The van der Waals surface area contributed by atoms with E-state index in [0.717, 1.165) is 12.1 Å². The zero-order chi connectivity index (χ0) is 10.9. The van der Waals surface area contributed by atoms with Crippen LogP contribution in [0.25, 0.3) is 0 Å². The molecule has 0 spiro atoms. The third-order valence-corrected chi connectivity index (χ3v) is 2.27. The fourth-order valence-electron chi connectivity index (χ4n) is 1.01. The van der Waals surface area contributed by atoms with Gasteiger partial charge in [0.2, 0.25) is 0 Å². The molecule has 0 aliphatic heterocycles. The average Bonchev–Trinajstić information content (AvgIpc) is 2.07. The van der Waals surface area contributed by atoms with Crippen molar-refractivity contribution in [3.8, 4) is 0 Å². The lowest BCUT2D eigenvalue weighted by Gasteiger charge is -2.12. The summed E-state index contributed by atoms with van der Waals surface area (Å²) in [4.78, 5) is 0. The Bertz CT molecular complexity index is 348. The van der Waals surface area contributed by atoms with Crippen LogP contribution < -0.4 is 0 Å². The van der Waals surface area contributed by atoms with Crippen molar-refractivity contribution in [3.63, 3.8) is 0 Å². The van der Waals surface area contributed by atoms with E-state index in [1.54, 1.807) is 0 Å². The van der Waals surface area contributed by atoms with Crippen molar-refractivity contribution in [1.29, 1.82) is 0 Å². The SMILES string of the molecule is OCc1c(C(F)(F)F)ccc(Br)c1F. The molecule has 0 saturated carbocycles. The molecule has 0 saturated heterocycles. The highest BCUT2D eigenvalue weighted by Crippen LogP contribution is 2.35. The van der Waals surface area contributed by atoms with Gasteiger partial charge in [0.25, 0.3) is 0 Å². The van der Waals surface area contributed by atoms with Crippen molar-refractivity contribution in [1.82, 2.24) is 0 Å². The lowest BCUT2D eigenvalue weighted by atomic mass is 10.1. The maximum Gasteiger partial charge on any atom is 0.416 e. The molecule has 1 nitrogen and oxygen atoms in total. The molecule has 0 heterocycles. The minimum absolute atomic E-state index is 0.102. The fraction of sp³-hybridized carbons (Fsp3) is 0.250. The van der Waals surface area contributed by atoms with E-state index in [9.17, 15) is 17.6 Å². The average molecular weight is 273 g/mol. The van der Waals surface area contributed by atoms with Crippen molar-refractivity contribution in [2.45, 2.75) is 12.8 Å². The minimum Gasteiger partial charge on any atom is -0.392 e. The van der Waals surface area contributed by atoms with Crippen molar-refractivity contribution >= 4 is 15.9 Å². The summed E-state index contributed by atoms with van der Waals surface area (Å²) >= 11 is 2.73. The van der Waals surface area contributed by atoms with Gasteiger partial charge in [-0.15, -0.1) is 0 Å². The third-order valence-electron chi connectivity index (χ3n) is 1.66. The number of halogens is 5. The molecule has 0 bridgehead atoms. The first-order valence-corrected chi connectivity index (χ1v) is 4.32. The van der Waals surface area contributed by atoms with E-state index in [1.807, 2.05) is 0 Å². The van der Waals surface area contributed by atoms with Gasteiger partial charge in [0.05, 0.1) is 16.6 Å². The van der Waals surface area contributed by atoms with E-state index in [0.29, 0.717) is 0 Å². The van der Waals surface area contributed by atoms with Crippen LogP contribution in [0, 0.1) is 5.82 Å². The normalized spacial score (nSPS) is 11.9. The van der Waals surface area contributed by atoms with Crippen molar-refractivity contribution in [2.24, 2.45) is 0 Å². The van der Waals surface area contributed by atoms with Gasteiger partial charge < -0.3 is 5.11 Å². The standard InChI is InChI=1S/C8H5BrF4O/c9-6-2-1-5(8(11,12)13)4(3-14)7(6)10/h1-2,14H,3H2. The topological polar surface area (TPSA) is 20.2 Å². The van der Waals surface area contributed by atoms with E-state index in [2.05, 4.69) is 15.9 Å². The molecule has 0 amide bonds. The van der Waals surface area contributed by atoms with Gasteiger partial charge in [-0.2, -0.15) is 13.2 Å². The van der Waals surface area contributed by atoms with Crippen LogP contribution in [0.15, 0.2) is 16.6 Å². The van der Waals surface area contributed by atoms with Crippen LogP contribution in [-0.4, -0.2) is 5.11 Å². The van der Waals surface area contributed by atoms with Crippen molar-refractivity contribution in [2.75, 3.05) is 0 Å². The molecule has 0 fully saturated rings. The van der Waals surface area contributed by atoms with Gasteiger partial charge in [-0.25, -0.2) is 4.39 Å². The summed E-state index contributed by atoms with van der Waals surface area (Å²) in [5.41, 5.74) is -1.90. The number of alkyl halides is 3. The van der Waals surface area contributed by atoms with Crippen LogP contribution in [0.5, 0.6) is 0 Å². The van der Waals surface area contributed by atoms with Gasteiger partial charge >= 0.3 is 6.18 Å². The summed E-state index contributed by atoms with van der Waals surface area (Å²) in [5.74, 6) is -1.08. The molecular weight excluding hydrogens is 268 g/mol. The second-order valence-electron chi connectivity index (χ2n) is 2.54. The van der Waals surface area contributed by atoms with Gasteiger partial charge in [0.1, 0.15) is 5.82 Å². The Balaban J connectivity index is 3.39. The highest BCUT2D eigenvalue weighted by Gasteiger charge is 2.34. The maximum absolute atomic E-state index is 13.1. The van der Waals surface area contributed by atoms with E-state index in [1.165, 1.54) is 0 Å². The highest BCUT2D eigenvalue weighted by atomic mass is 79.9. The second kappa shape index (κ2) is 3.86. The summed E-state index contributed by atoms with van der Waals surface area (Å²) in [6.45, 7) is -0.986. The molecule has 14 heavy (non-hydrogen) atoms. The van der Waals surface area contributed by atoms with Gasteiger partial charge in [0, 0.05) is 5.56 Å². The lowest BCUT2D eigenvalue weighted by Crippen LogP contribution is -2.11. The number of hydrogen-bond donors (Lipinski definition) is 1. The molecule has 0 aromatic heterocycles. The number of aliphatic hydroxyl groups is 1. The van der Waals surface area contributed by atoms with Crippen LogP contribution in [0.2, 0.25) is 0 Å². The molecule has 0 aliphatic carbocycles. The zero-order valence-electron chi connectivity index (χ0n) is 6.70. The monoisotopic (exact) mass is 272 g/mol. The molecule has 0 aliphatic rings. The van der Waals surface area contributed by atoms with Crippen molar-refractivity contribution < 1.29 is 22.7 Å². The first-order valence-electron chi connectivity index (χ1n) is 3.53. The molecular formula is C8H5BrF4O. The molecule has 1 aromatic carbocycles. The highest BCUT2D eigenvalue weighted by molar-refractivity contribution is 9.10. The summed E-state index contributed by atoms with van der Waals surface area (Å²) in [6, 6.07) is 1.68. The molecule has 78 valence electrons. The third kappa shape index (κ3) is 2.06. The minimum atomic E-state index is -4.65. The zero-order valence-corrected chi connectivity index (χ0v) is 8.28. The Morgan fingerprint density at radius 3 is 2.29 bits per heavy atom. The van der Waals surface area contributed by atoms with Crippen LogP contribution in [0.3, 0.4) is 0 Å². The van der Waals surface area contributed by atoms with Gasteiger partial charge in [-0.3, -0.25) is 0 Å². The second-order valence-corrected chi connectivity index (χ2v) is 3.40. The Morgan fingerprint density at radius 1 is 1.29 bits per heavy atom. The quantitative estimate of drug-likeness (QED) is 0.779. The Hall–Kier alpha value is -0.620. The smallest absolute Gasteiger partial charge is 0.392 e. The van der Waals surface area contributed by atoms with E-state index < -0.39 is 29.7 Å². The Labute approximate surface area is 85.5 Å². The van der Waals surface area contributed by atoms with Gasteiger partial charge in [0.15, 0.2) is 0 Å². The Morgan fingerprint density at radius 2 is 1.86 bits per heavy atom. The predicted molar refractivity (Wildman–Crippen MR) is 45.0 cm³/mol. The summed E-state index contributed by atoms with van der Waals surface area (Å²) in [5, 5.41) is 8.63. The number of aliphatic hydroxyl groups excluding tert-OH is 1. The number of hydrogen-bond acceptors (Lipinski definition) is 1. The Kier molecular flexibility index (Phi) is 3.16. The molecule has 6 heteroatoms. The van der Waals surface area contributed by atoms with Gasteiger partial charge in [-0.05, 0) is 28.1 Å². The van der Waals surface area contributed by atoms with Crippen molar-refractivity contribution in [3.05, 3.63) is 33.5 Å². The predicted octanol–water partition coefficient (Wildman–Crippen LogP) is 3.10. The molecule has 1 N–H and O–H groups in total. The maximum atomic E-state index is 13.1. The molecule has 1 aromatic rings. The summed E-state index contributed by atoms with van der Waals surface area (Å²) in [6.07, 6.45) is -4.65. The van der Waals surface area contributed by atoms with E-state index in [4.69, 9.17) is 5.11 Å². The van der Waals surface area contributed by atoms with Crippen LogP contribution in [0.4, 0.5) is 17.6 Å². The largest absolute Gasteiger partial charge is 0.416 e. The summed E-state index contributed by atoms with van der Waals surface area (Å²) < 4.78 is 49.7. The van der Waals surface area contributed by atoms with Crippen LogP contribution >= 0.6 is 15.9 Å². The number of rotatable bonds is 1. The van der Waals surface area contributed by atoms with E-state index >= 15 is 0 Å². The molecule has 0 radical (unpaired) electrons. The van der Waals surface area contributed by atoms with Gasteiger partial charge in [-0.1, -0.05) is 0 Å². The first-order chi connectivity index (χ1) is 6.38.